The van der Waals surface area contributed by atoms with Gasteiger partial charge in [-0.1, -0.05) is 24.3 Å². The Morgan fingerprint density at radius 3 is 2.30 bits per heavy atom. The molecule has 3 N–H and O–H groups in total. The number of hydrogen-bond acceptors (Lipinski definition) is 4. The number of nitrogen functional groups attached to an aromatic ring is 1. The summed E-state index contributed by atoms with van der Waals surface area (Å²) in [6.07, 6.45) is 1.39. The third kappa shape index (κ3) is 1.97. The molecule has 0 aliphatic heterocycles. The van der Waals surface area contributed by atoms with Crippen LogP contribution in [0.4, 0.5) is 11.4 Å². The third-order valence-corrected chi connectivity index (χ3v) is 3.16. The molecule has 98 valence electrons. The number of allylic oxidation sites excluding steroid dienone is 1. The first-order valence-corrected chi connectivity index (χ1v) is 6.14. The first-order chi connectivity index (χ1) is 9.66. The average molecular weight is 264 g/mol. The van der Waals surface area contributed by atoms with Crippen molar-refractivity contribution in [2.24, 2.45) is 4.99 Å². The van der Waals surface area contributed by atoms with Gasteiger partial charge in [0.25, 0.3) is 0 Å². The van der Waals surface area contributed by atoms with Gasteiger partial charge in [0.1, 0.15) is 5.76 Å². The van der Waals surface area contributed by atoms with Crippen molar-refractivity contribution in [3.8, 4) is 0 Å². The van der Waals surface area contributed by atoms with E-state index in [1.54, 1.807) is 48.5 Å². The van der Waals surface area contributed by atoms with Crippen LogP contribution in [0.5, 0.6) is 0 Å². The van der Waals surface area contributed by atoms with Crippen LogP contribution in [0.2, 0.25) is 0 Å². The van der Waals surface area contributed by atoms with Crippen molar-refractivity contribution in [1.82, 2.24) is 0 Å². The molecule has 1 aliphatic rings. The van der Waals surface area contributed by atoms with E-state index in [1.165, 1.54) is 6.21 Å². The molecule has 0 amide bonds. The second kappa shape index (κ2) is 4.66. The van der Waals surface area contributed by atoms with Crippen molar-refractivity contribution >= 4 is 29.1 Å². The van der Waals surface area contributed by atoms with Crippen molar-refractivity contribution in [2.45, 2.75) is 0 Å². The maximum Gasteiger partial charge on any atom is 0.199 e. The summed E-state index contributed by atoms with van der Waals surface area (Å²) in [5.74, 6) is -0.234. The summed E-state index contributed by atoms with van der Waals surface area (Å²) in [5.41, 5.74) is 8.18. The molecule has 4 heteroatoms. The number of nitrogens with zero attached hydrogens (tertiary/aromatic N) is 1. The van der Waals surface area contributed by atoms with E-state index in [4.69, 9.17) is 5.73 Å². The molecule has 0 aromatic heterocycles. The Kier molecular flexibility index (Phi) is 2.84. The number of Topliss-reactive ketones (excluding diaryl/α,β-unsaturated/α-hetero) is 1. The third-order valence-electron chi connectivity index (χ3n) is 3.16. The fourth-order valence-corrected chi connectivity index (χ4v) is 2.10. The van der Waals surface area contributed by atoms with Crippen LogP contribution in [-0.4, -0.2) is 17.1 Å². The van der Waals surface area contributed by atoms with E-state index in [9.17, 15) is 9.90 Å². The van der Waals surface area contributed by atoms with Crippen LogP contribution in [0.1, 0.15) is 15.9 Å². The van der Waals surface area contributed by atoms with Crippen molar-refractivity contribution in [1.29, 1.82) is 0 Å². The van der Waals surface area contributed by atoms with Gasteiger partial charge in [-0.25, -0.2) is 0 Å². The number of aliphatic hydroxyl groups is 1. The van der Waals surface area contributed by atoms with E-state index in [0.717, 1.165) is 0 Å². The minimum Gasteiger partial charge on any atom is -0.506 e. The molecule has 0 bridgehead atoms. The molecule has 0 spiro atoms. The number of benzene rings is 2. The number of hydrogen-bond donors (Lipinski definition) is 2. The molecule has 4 nitrogen and oxygen atoms in total. The van der Waals surface area contributed by atoms with Gasteiger partial charge in [-0.3, -0.25) is 9.79 Å². The lowest BCUT2D eigenvalue weighted by atomic mass is 10.1. The summed E-state index contributed by atoms with van der Waals surface area (Å²) in [6.45, 7) is 0. The van der Waals surface area contributed by atoms with Crippen molar-refractivity contribution in [3.05, 3.63) is 65.2 Å². The zero-order chi connectivity index (χ0) is 14.1. The molecule has 3 rings (SSSR count). The minimum absolute atomic E-state index is 0.0233. The molecule has 0 unspecified atom stereocenters. The number of aliphatic hydroxyl groups excluding tert-OH is 1. The van der Waals surface area contributed by atoms with E-state index in [1.807, 2.05) is 0 Å². The first kappa shape index (κ1) is 12.2. The maximum atomic E-state index is 12.2. The molecule has 0 radical (unpaired) electrons. The van der Waals surface area contributed by atoms with E-state index >= 15 is 0 Å². The van der Waals surface area contributed by atoms with E-state index in [2.05, 4.69) is 4.99 Å². The van der Waals surface area contributed by atoms with Crippen molar-refractivity contribution < 1.29 is 9.90 Å². The lowest BCUT2D eigenvalue weighted by Gasteiger charge is -1.96. The number of fused-ring (bicyclic) bond motifs is 1. The molecule has 20 heavy (non-hydrogen) atoms. The number of nitrogens with two attached hydrogens (primary N) is 1. The highest BCUT2D eigenvalue weighted by molar-refractivity contribution is 6.30. The molecular formula is C16H12N2O2. The predicted octanol–water partition coefficient (Wildman–Crippen LogP) is 3.14. The van der Waals surface area contributed by atoms with Gasteiger partial charge in [0, 0.05) is 23.0 Å². The standard InChI is InChI=1S/C16H12N2O2/c17-10-5-7-11(8-6-10)18-9-14-15(19)12-3-1-2-4-13(12)16(14)20/h1-9,19H,17H2. The van der Waals surface area contributed by atoms with Gasteiger partial charge in [-0.05, 0) is 24.3 Å². The van der Waals surface area contributed by atoms with Gasteiger partial charge in [-0.15, -0.1) is 0 Å². The first-order valence-electron chi connectivity index (χ1n) is 6.14. The summed E-state index contributed by atoms with van der Waals surface area (Å²) >= 11 is 0. The normalized spacial score (nSPS) is 14.1. The van der Waals surface area contributed by atoms with Gasteiger partial charge in [-0.2, -0.15) is 0 Å². The number of carbonyl (C=O) groups excluding carboxylic acids is 1. The number of rotatable bonds is 2. The van der Waals surface area contributed by atoms with Crippen LogP contribution >= 0.6 is 0 Å². The maximum absolute atomic E-state index is 12.2. The highest BCUT2D eigenvalue weighted by Gasteiger charge is 2.27. The second-order valence-electron chi connectivity index (χ2n) is 4.49. The highest BCUT2D eigenvalue weighted by atomic mass is 16.3. The summed E-state index contributed by atoms with van der Waals surface area (Å²) < 4.78 is 0. The smallest absolute Gasteiger partial charge is 0.199 e. The van der Waals surface area contributed by atoms with E-state index in [0.29, 0.717) is 22.5 Å². The molecule has 0 fully saturated rings. The second-order valence-corrected chi connectivity index (χ2v) is 4.49. The SMILES string of the molecule is Nc1ccc(N=CC2=C(O)c3ccccc3C2=O)cc1. The Morgan fingerprint density at radius 1 is 1.00 bits per heavy atom. The zero-order valence-electron chi connectivity index (χ0n) is 10.6. The molecule has 1 aliphatic carbocycles. The fraction of sp³-hybridized carbons (Fsp3) is 0. The van der Waals surface area contributed by atoms with Crippen LogP contribution in [0.25, 0.3) is 5.76 Å². The van der Waals surface area contributed by atoms with Crippen LogP contribution in [0.3, 0.4) is 0 Å². The number of anilines is 1. The lowest BCUT2D eigenvalue weighted by molar-refractivity contribution is 0.104. The number of aliphatic imine (C=N–C) groups is 1. The van der Waals surface area contributed by atoms with Crippen molar-refractivity contribution in [2.75, 3.05) is 5.73 Å². The molecule has 0 saturated heterocycles. The molecule has 0 saturated carbocycles. The Hall–Kier alpha value is -2.88. The van der Waals surface area contributed by atoms with Crippen LogP contribution in [0, 0.1) is 0 Å². The summed E-state index contributed by atoms with van der Waals surface area (Å²) in [6, 6.07) is 13.9. The molecule has 2 aromatic rings. The number of carbonyl (C=O) groups is 1. The number of ketones is 1. The molecule has 0 heterocycles. The molecule has 2 aromatic carbocycles. The van der Waals surface area contributed by atoms with Gasteiger partial charge in [0.2, 0.25) is 0 Å². The van der Waals surface area contributed by atoms with Gasteiger partial charge < -0.3 is 10.8 Å². The Morgan fingerprint density at radius 2 is 1.65 bits per heavy atom. The fourth-order valence-electron chi connectivity index (χ4n) is 2.10. The van der Waals surface area contributed by atoms with E-state index < -0.39 is 0 Å². The Balaban J connectivity index is 1.94. The monoisotopic (exact) mass is 264 g/mol. The Labute approximate surface area is 115 Å². The van der Waals surface area contributed by atoms with Crippen LogP contribution in [-0.2, 0) is 0 Å². The quantitative estimate of drug-likeness (QED) is 0.646. The summed E-state index contributed by atoms with van der Waals surface area (Å²) in [4.78, 5) is 16.3. The van der Waals surface area contributed by atoms with Gasteiger partial charge >= 0.3 is 0 Å². The lowest BCUT2D eigenvalue weighted by Crippen LogP contribution is -1.99. The highest BCUT2D eigenvalue weighted by Crippen LogP contribution is 2.30. The zero-order valence-corrected chi connectivity index (χ0v) is 10.6. The molecular weight excluding hydrogens is 252 g/mol. The molecule has 0 atom stereocenters. The van der Waals surface area contributed by atoms with Crippen LogP contribution in [0.15, 0.2) is 59.1 Å². The largest absolute Gasteiger partial charge is 0.506 e. The predicted molar refractivity (Wildman–Crippen MR) is 79.3 cm³/mol. The topological polar surface area (TPSA) is 75.7 Å². The van der Waals surface area contributed by atoms with Crippen molar-refractivity contribution in [3.63, 3.8) is 0 Å². The van der Waals surface area contributed by atoms with Crippen LogP contribution < -0.4 is 5.73 Å². The summed E-state index contributed by atoms with van der Waals surface area (Å²) in [7, 11) is 0. The van der Waals surface area contributed by atoms with Gasteiger partial charge in [0.15, 0.2) is 5.78 Å². The summed E-state index contributed by atoms with van der Waals surface area (Å²) in [5, 5.41) is 10.1. The Bertz CT molecular complexity index is 743. The van der Waals surface area contributed by atoms with E-state index in [-0.39, 0.29) is 17.1 Å². The minimum atomic E-state index is -0.211. The average Bonchev–Trinajstić information content (AvgIpc) is 2.71. The van der Waals surface area contributed by atoms with Gasteiger partial charge in [0.05, 0.1) is 11.3 Å².